The van der Waals surface area contributed by atoms with Crippen molar-refractivity contribution in [1.29, 1.82) is 0 Å². The highest BCUT2D eigenvalue weighted by molar-refractivity contribution is 7.99. The van der Waals surface area contributed by atoms with E-state index in [2.05, 4.69) is 0 Å². The third-order valence-corrected chi connectivity index (χ3v) is 5.58. The van der Waals surface area contributed by atoms with Gasteiger partial charge in [-0.05, 0) is 36.3 Å². The zero-order chi connectivity index (χ0) is 21.7. The molecule has 160 valence electrons. The van der Waals surface area contributed by atoms with Crippen LogP contribution in [0.25, 0.3) is 5.57 Å². The quantitative estimate of drug-likeness (QED) is 0.576. The van der Waals surface area contributed by atoms with Gasteiger partial charge in [0, 0.05) is 35.7 Å². The molecule has 0 aliphatic carbocycles. The monoisotopic (exact) mass is 435 g/mol. The first-order valence-corrected chi connectivity index (χ1v) is 10.2. The molecule has 0 spiro atoms. The number of benzene rings is 2. The van der Waals surface area contributed by atoms with E-state index >= 15 is 0 Å². The minimum Gasteiger partial charge on any atom is -0.496 e. The second-order valence-electron chi connectivity index (χ2n) is 6.54. The Morgan fingerprint density at radius 2 is 1.67 bits per heavy atom. The third-order valence-electron chi connectivity index (χ3n) is 4.86. The first kappa shape index (κ1) is 22.0. The molecule has 1 heterocycles. The van der Waals surface area contributed by atoms with Gasteiger partial charge in [-0.3, -0.25) is 4.79 Å². The van der Waals surface area contributed by atoms with Crippen LogP contribution in [0.15, 0.2) is 47.4 Å². The molecule has 5 nitrogen and oxygen atoms in total. The summed E-state index contributed by atoms with van der Waals surface area (Å²) in [6.45, 7) is 0.955. The number of amides is 1. The van der Waals surface area contributed by atoms with Gasteiger partial charge in [0.15, 0.2) is 0 Å². The highest BCUT2D eigenvalue weighted by Crippen LogP contribution is 2.41. The summed E-state index contributed by atoms with van der Waals surface area (Å²) in [7, 11) is 4.76. The normalized spacial score (nSPS) is 13.8. The fourth-order valence-corrected chi connectivity index (χ4v) is 3.86. The molecule has 8 heteroatoms. The Morgan fingerprint density at radius 1 is 1.03 bits per heavy atom. The molecular weight excluding hydrogens is 412 g/mol. The highest BCUT2D eigenvalue weighted by Gasteiger charge is 2.23. The Labute approximate surface area is 178 Å². The van der Waals surface area contributed by atoms with Gasteiger partial charge in [0.1, 0.15) is 17.2 Å². The molecule has 0 aromatic heterocycles. The van der Waals surface area contributed by atoms with Gasteiger partial charge < -0.3 is 19.1 Å². The minimum atomic E-state index is -2.48. The van der Waals surface area contributed by atoms with E-state index < -0.39 is 5.76 Å². The Balaban J connectivity index is 1.77. The molecule has 1 aliphatic rings. The number of carbonyl (C=O) groups is 1. The molecule has 2 aromatic rings. The predicted octanol–water partition coefficient (Wildman–Crippen LogP) is 4.96. The van der Waals surface area contributed by atoms with Gasteiger partial charge in [-0.25, -0.2) is 0 Å². The van der Waals surface area contributed by atoms with Crippen molar-refractivity contribution in [2.45, 2.75) is 17.1 Å². The average Bonchev–Trinajstić information content (AvgIpc) is 2.77. The van der Waals surface area contributed by atoms with Crippen LogP contribution in [0.3, 0.4) is 0 Å². The van der Waals surface area contributed by atoms with Crippen LogP contribution in [0.1, 0.15) is 22.3 Å². The highest BCUT2D eigenvalue weighted by atomic mass is 32.2. The van der Waals surface area contributed by atoms with Gasteiger partial charge in [-0.15, -0.1) is 0 Å². The van der Waals surface area contributed by atoms with Crippen molar-refractivity contribution in [3.05, 3.63) is 53.6 Å². The molecule has 0 N–H and O–H groups in total. The lowest BCUT2D eigenvalue weighted by Crippen LogP contribution is -2.34. The SMILES string of the molecule is COc1cc(OC)c(C2=CCN(C(=O)c3ccc(SC(F)F)cc3)CC2)c(OC)c1. The summed E-state index contributed by atoms with van der Waals surface area (Å²) < 4.78 is 41.3. The number of hydrogen-bond acceptors (Lipinski definition) is 5. The van der Waals surface area contributed by atoms with Crippen molar-refractivity contribution in [2.24, 2.45) is 0 Å². The number of hydrogen-bond donors (Lipinski definition) is 0. The number of nitrogens with zero attached hydrogens (tertiary/aromatic N) is 1. The molecule has 0 saturated heterocycles. The molecule has 0 atom stereocenters. The number of halogens is 2. The van der Waals surface area contributed by atoms with Crippen molar-refractivity contribution in [3.8, 4) is 17.2 Å². The van der Waals surface area contributed by atoms with Crippen LogP contribution < -0.4 is 14.2 Å². The Bertz CT molecular complexity index is 906. The van der Waals surface area contributed by atoms with Crippen LogP contribution in [0, 0.1) is 0 Å². The number of thioether (sulfide) groups is 1. The number of alkyl halides is 2. The molecule has 0 radical (unpaired) electrons. The van der Waals surface area contributed by atoms with E-state index in [1.54, 1.807) is 62.6 Å². The molecule has 1 aliphatic heterocycles. The van der Waals surface area contributed by atoms with Crippen molar-refractivity contribution in [1.82, 2.24) is 4.90 Å². The maximum absolute atomic E-state index is 12.8. The van der Waals surface area contributed by atoms with Crippen molar-refractivity contribution < 1.29 is 27.8 Å². The zero-order valence-corrected chi connectivity index (χ0v) is 17.8. The van der Waals surface area contributed by atoms with Crippen LogP contribution in [0.2, 0.25) is 0 Å². The van der Waals surface area contributed by atoms with Crippen LogP contribution in [-0.4, -0.2) is 51.0 Å². The molecule has 1 amide bonds. The Hall–Kier alpha value is -2.74. The smallest absolute Gasteiger partial charge is 0.288 e. The van der Waals surface area contributed by atoms with E-state index in [4.69, 9.17) is 14.2 Å². The number of rotatable bonds is 7. The van der Waals surface area contributed by atoms with Gasteiger partial charge in [0.05, 0.1) is 26.9 Å². The second-order valence-corrected chi connectivity index (χ2v) is 7.60. The van der Waals surface area contributed by atoms with Gasteiger partial charge >= 0.3 is 0 Å². The Kier molecular flexibility index (Phi) is 7.20. The predicted molar refractivity (Wildman–Crippen MR) is 113 cm³/mol. The van der Waals surface area contributed by atoms with Crippen molar-refractivity contribution in [3.63, 3.8) is 0 Å². The zero-order valence-electron chi connectivity index (χ0n) is 17.0. The summed E-state index contributed by atoms with van der Waals surface area (Å²) in [5.74, 6) is -0.695. The van der Waals surface area contributed by atoms with Crippen molar-refractivity contribution in [2.75, 3.05) is 34.4 Å². The fourth-order valence-electron chi connectivity index (χ4n) is 3.36. The third kappa shape index (κ3) is 4.87. The molecular formula is C22H23F2NO4S. The summed E-state index contributed by atoms with van der Waals surface area (Å²) >= 11 is 0.461. The number of ether oxygens (including phenoxy) is 3. The lowest BCUT2D eigenvalue weighted by atomic mass is 9.96. The second kappa shape index (κ2) is 9.84. The largest absolute Gasteiger partial charge is 0.496 e. The summed E-state index contributed by atoms with van der Waals surface area (Å²) in [5.41, 5.74) is 2.35. The molecule has 0 bridgehead atoms. The van der Waals surface area contributed by atoms with E-state index in [-0.39, 0.29) is 5.91 Å². The van der Waals surface area contributed by atoms with E-state index in [1.165, 1.54) is 0 Å². The lowest BCUT2D eigenvalue weighted by Gasteiger charge is -2.28. The van der Waals surface area contributed by atoms with Crippen LogP contribution in [0.5, 0.6) is 17.2 Å². The van der Waals surface area contributed by atoms with E-state index in [0.717, 1.165) is 11.1 Å². The van der Waals surface area contributed by atoms with Crippen LogP contribution >= 0.6 is 11.8 Å². The van der Waals surface area contributed by atoms with Gasteiger partial charge in [-0.2, -0.15) is 8.78 Å². The number of methoxy groups -OCH3 is 3. The summed E-state index contributed by atoms with van der Waals surface area (Å²) in [4.78, 5) is 14.9. The standard InChI is InChI=1S/C22H23F2NO4S/c1-27-16-12-18(28-2)20(19(13-16)29-3)14-8-10-25(11-9-14)21(26)15-4-6-17(7-5-15)30-22(23)24/h4-8,12-13,22H,9-11H2,1-3H3. The Morgan fingerprint density at radius 3 is 2.13 bits per heavy atom. The van der Waals surface area contributed by atoms with Crippen LogP contribution in [0.4, 0.5) is 8.78 Å². The first-order chi connectivity index (χ1) is 14.5. The van der Waals surface area contributed by atoms with Crippen LogP contribution in [-0.2, 0) is 0 Å². The van der Waals surface area contributed by atoms with E-state index in [1.807, 2.05) is 6.08 Å². The van der Waals surface area contributed by atoms with Gasteiger partial charge in [0.2, 0.25) is 0 Å². The molecule has 0 saturated carbocycles. The maximum atomic E-state index is 12.8. The summed E-state index contributed by atoms with van der Waals surface area (Å²) in [6.07, 6.45) is 2.61. The molecule has 30 heavy (non-hydrogen) atoms. The van der Waals surface area contributed by atoms with E-state index in [0.29, 0.717) is 59.0 Å². The molecule has 3 rings (SSSR count). The van der Waals surface area contributed by atoms with Gasteiger partial charge in [-0.1, -0.05) is 17.8 Å². The number of carbonyl (C=O) groups excluding carboxylic acids is 1. The minimum absolute atomic E-state index is 0.132. The fraction of sp³-hybridized carbons (Fsp3) is 0.318. The molecule has 2 aromatic carbocycles. The summed E-state index contributed by atoms with van der Waals surface area (Å²) in [5, 5.41) is 0. The maximum Gasteiger partial charge on any atom is 0.288 e. The van der Waals surface area contributed by atoms with Gasteiger partial charge in [0.25, 0.3) is 11.7 Å². The first-order valence-electron chi connectivity index (χ1n) is 9.30. The summed E-state index contributed by atoms with van der Waals surface area (Å²) in [6, 6.07) is 9.86. The average molecular weight is 435 g/mol. The lowest BCUT2D eigenvalue weighted by molar-refractivity contribution is 0.0773. The molecule has 0 fully saturated rings. The topological polar surface area (TPSA) is 48.0 Å². The molecule has 0 unspecified atom stereocenters. The van der Waals surface area contributed by atoms with Crippen molar-refractivity contribution >= 4 is 23.2 Å². The van der Waals surface area contributed by atoms with E-state index in [9.17, 15) is 13.6 Å².